The third-order valence-electron chi connectivity index (χ3n) is 14.3. The van der Waals surface area contributed by atoms with Crippen molar-refractivity contribution in [3.8, 4) is 11.5 Å². The molecule has 1 saturated heterocycles. The molecule has 2 N–H and O–H groups in total. The lowest BCUT2D eigenvalue weighted by atomic mass is 9.90. The molecule has 4 aromatic rings. The van der Waals surface area contributed by atoms with Gasteiger partial charge < -0.3 is 43.8 Å². The molecule has 23 heteroatoms. The summed E-state index contributed by atoms with van der Waals surface area (Å²) in [6.07, 6.45) is 5.33. The summed E-state index contributed by atoms with van der Waals surface area (Å²) in [5.41, 5.74) is -5.22. The lowest BCUT2D eigenvalue weighted by molar-refractivity contribution is -0.136. The third-order valence-corrected chi connectivity index (χ3v) is 14.3. The van der Waals surface area contributed by atoms with Crippen molar-refractivity contribution in [3.63, 3.8) is 0 Å². The molecule has 3 aliphatic heterocycles. The zero-order chi connectivity index (χ0) is 54.2. The Kier molecular flexibility index (Phi) is 16.0. The van der Waals surface area contributed by atoms with Gasteiger partial charge in [-0.3, -0.25) is 38.4 Å². The highest BCUT2D eigenvalue weighted by Gasteiger charge is 2.48. The number of pyridine rings is 2. The van der Waals surface area contributed by atoms with E-state index < -0.39 is 140 Å². The van der Waals surface area contributed by atoms with Crippen LogP contribution in [0.2, 0.25) is 0 Å². The number of aromatic nitrogens is 2. The molecular weight excluding hydrogens is 999 g/mol. The molecule has 5 heterocycles. The normalized spacial score (nSPS) is 19.4. The molecule has 1 saturated carbocycles. The van der Waals surface area contributed by atoms with Gasteiger partial charge in [-0.15, -0.1) is 0 Å². The maximum Gasteiger partial charge on any atom is 0.311 e. The van der Waals surface area contributed by atoms with Gasteiger partial charge in [-0.25, -0.2) is 26.3 Å². The van der Waals surface area contributed by atoms with Crippen LogP contribution >= 0.6 is 0 Å². The monoisotopic (exact) mass is 1050 g/mol. The molecule has 2 fully saturated rings. The molecular formula is C52H54F6N6O11. The average Bonchev–Trinajstić information content (AvgIpc) is 3.72. The van der Waals surface area contributed by atoms with E-state index in [0.29, 0.717) is 75.6 Å². The quantitative estimate of drug-likeness (QED) is 0.0632. The van der Waals surface area contributed by atoms with Gasteiger partial charge in [-0.2, -0.15) is 0 Å². The Hall–Kier alpha value is -7.30. The molecule has 0 spiro atoms. The molecule has 2 unspecified atom stereocenters. The summed E-state index contributed by atoms with van der Waals surface area (Å²) in [6, 6.07) is 1.17. The Morgan fingerprint density at radius 3 is 1.72 bits per heavy atom. The number of amides is 4. The number of fused-ring (bicyclic) bond motifs is 6. The highest BCUT2D eigenvalue weighted by atomic mass is 19.2. The Morgan fingerprint density at radius 1 is 0.680 bits per heavy atom. The summed E-state index contributed by atoms with van der Waals surface area (Å²) in [5.74, 6) is -14.0. The number of carbonyl (C=O) groups is 6. The van der Waals surface area contributed by atoms with Gasteiger partial charge in [-0.1, -0.05) is 26.7 Å². The maximum atomic E-state index is 14.4. The first-order valence-electron chi connectivity index (χ1n) is 24.6. The van der Waals surface area contributed by atoms with Crippen LogP contribution in [0.25, 0.3) is 0 Å². The molecule has 6 atom stereocenters. The van der Waals surface area contributed by atoms with Gasteiger partial charge in [-0.05, 0) is 57.3 Å². The fraction of sp³-hybridized carbons (Fsp3) is 0.462. The van der Waals surface area contributed by atoms with Crippen LogP contribution in [0.3, 0.4) is 0 Å². The fourth-order valence-electron chi connectivity index (χ4n) is 10.2. The summed E-state index contributed by atoms with van der Waals surface area (Å²) in [6.45, 7) is 4.16. The lowest BCUT2D eigenvalue weighted by Gasteiger charge is -2.44. The van der Waals surface area contributed by atoms with E-state index in [9.17, 15) is 64.7 Å². The first-order valence-corrected chi connectivity index (χ1v) is 24.6. The van der Waals surface area contributed by atoms with E-state index in [1.54, 1.807) is 6.92 Å². The Morgan fingerprint density at radius 2 is 1.17 bits per heavy atom. The first kappa shape index (κ1) is 54.0. The summed E-state index contributed by atoms with van der Waals surface area (Å²) in [4.78, 5) is 111. The van der Waals surface area contributed by atoms with Gasteiger partial charge in [0.05, 0.1) is 12.6 Å². The number of benzene rings is 2. The van der Waals surface area contributed by atoms with Crippen molar-refractivity contribution >= 4 is 35.6 Å². The van der Waals surface area contributed by atoms with Crippen LogP contribution < -0.4 is 31.0 Å². The highest BCUT2D eigenvalue weighted by Crippen LogP contribution is 2.39. The minimum absolute atomic E-state index is 0.0101. The fourth-order valence-corrected chi connectivity index (χ4v) is 10.2. The van der Waals surface area contributed by atoms with Gasteiger partial charge in [0.15, 0.2) is 17.6 Å². The number of hydrogen-bond acceptors (Lipinski definition) is 11. The second-order valence-electron chi connectivity index (χ2n) is 19.8. The van der Waals surface area contributed by atoms with E-state index in [2.05, 4.69) is 10.6 Å². The van der Waals surface area contributed by atoms with Crippen molar-refractivity contribution in [2.24, 2.45) is 11.8 Å². The summed E-state index contributed by atoms with van der Waals surface area (Å²) in [5, 5.41) is 4.48. The number of hydrogen-bond donors (Lipinski definition) is 2. The number of likely N-dealkylation sites (N-methyl/N-ethyl adjacent to an activating group) is 1. The second kappa shape index (κ2) is 22.3. The molecule has 2 aromatic heterocycles. The largest absolute Gasteiger partial charge is 0.420 e. The topological polar surface area (TPSA) is 205 Å². The molecule has 4 aliphatic rings. The minimum Gasteiger partial charge on any atom is -0.420 e. The molecule has 400 valence electrons. The molecule has 8 rings (SSSR count). The van der Waals surface area contributed by atoms with Crippen LogP contribution in [0.4, 0.5) is 26.3 Å². The average molecular weight is 1050 g/mol. The third kappa shape index (κ3) is 11.5. The van der Waals surface area contributed by atoms with Crippen LogP contribution in [0.5, 0.6) is 11.5 Å². The summed E-state index contributed by atoms with van der Waals surface area (Å²) >= 11 is 0. The predicted molar refractivity (Wildman–Crippen MR) is 252 cm³/mol. The van der Waals surface area contributed by atoms with Gasteiger partial charge in [0.2, 0.25) is 22.4 Å². The zero-order valence-electron chi connectivity index (χ0n) is 41.4. The van der Waals surface area contributed by atoms with Crippen LogP contribution in [0, 0.1) is 46.7 Å². The number of ether oxygens (including phenoxy) is 3. The van der Waals surface area contributed by atoms with E-state index in [0.717, 1.165) is 12.4 Å². The van der Waals surface area contributed by atoms with Crippen molar-refractivity contribution in [2.45, 2.75) is 136 Å². The number of nitrogens with zero attached hydrogens (tertiary/aromatic N) is 4. The zero-order valence-corrected chi connectivity index (χ0v) is 41.4. The van der Waals surface area contributed by atoms with E-state index in [1.807, 2.05) is 13.8 Å². The van der Waals surface area contributed by atoms with Crippen molar-refractivity contribution < 1.29 is 69.3 Å². The molecule has 17 nitrogen and oxygen atoms in total. The van der Waals surface area contributed by atoms with Gasteiger partial charge >= 0.3 is 11.9 Å². The van der Waals surface area contributed by atoms with Gasteiger partial charge in [0.25, 0.3) is 23.6 Å². The smallest absolute Gasteiger partial charge is 0.311 e. The highest BCUT2D eigenvalue weighted by molar-refractivity contribution is 6.01. The molecule has 75 heavy (non-hydrogen) atoms. The number of halogens is 6. The van der Waals surface area contributed by atoms with Gasteiger partial charge in [0.1, 0.15) is 46.0 Å². The molecule has 2 bridgehead atoms. The SMILES string of the molecule is CC(CCCCC(=O)Oc1c2n(cc(C(=O)NCc3c(F)cc(F)cc3F)c1=O)C[C@@H]1O[C@H]3CC[C@H](C3)N1C2=O)CC(C)CCC(=O)Oc1c2n(cc(C(=O)NCc3c(F)cc(F)cc3F)c1=O)C[C@H](C)N(C)C2=O. The Balaban J connectivity index is 0.864. The van der Waals surface area contributed by atoms with Crippen LogP contribution in [0.15, 0.2) is 46.2 Å². The van der Waals surface area contributed by atoms with Crippen LogP contribution in [0.1, 0.15) is 138 Å². The van der Waals surface area contributed by atoms with Crippen LogP contribution in [-0.2, 0) is 40.5 Å². The minimum atomic E-state index is -1.26. The van der Waals surface area contributed by atoms with E-state index in [4.69, 9.17) is 14.2 Å². The predicted octanol–water partition coefficient (Wildman–Crippen LogP) is 6.43. The van der Waals surface area contributed by atoms with E-state index >= 15 is 0 Å². The van der Waals surface area contributed by atoms with Crippen LogP contribution in [-0.4, -0.2) is 86.0 Å². The number of nitrogens with one attached hydrogen (secondary N) is 2. The Bertz CT molecular complexity index is 3060. The standard InChI is InChI=1S/C52H54F6N6O11/c1-25(13-26(2)9-12-42(66)75-47-43-51(71)61(4)27(3)21-62(43)22-34(45(47)67)49(69)59-19-32-36(55)14-28(53)15-37(32)56)7-5-6-8-41(65)74-48-44-52(72)64-30-10-11-31(18-30)73-40(64)24-63(44)23-35(46(48)68)50(70)60-20-33-38(57)16-29(54)17-39(33)58/h14-17,22-23,25-27,30-31,40H,5-13,18-21,24H2,1-4H3,(H,59,69)(H,60,70)/t25?,26?,27-,30+,31-,40-/m0/s1. The van der Waals surface area contributed by atoms with E-state index in [-0.39, 0.29) is 61.3 Å². The number of esters is 2. The molecule has 2 aromatic carbocycles. The van der Waals surface area contributed by atoms with Crippen molar-refractivity contribution in [1.29, 1.82) is 0 Å². The second-order valence-corrected chi connectivity index (χ2v) is 19.8. The number of rotatable bonds is 18. The number of unbranched alkanes of at least 4 members (excludes halogenated alkanes) is 1. The molecule has 0 radical (unpaired) electrons. The lowest BCUT2D eigenvalue weighted by Crippen LogP contribution is -2.57. The number of carbonyl (C=O) groups excluding carboxylic acids is 6. The van der Waals surface area contributed by atoms with Crippen molar-refractivity contribution in [3.05, 3.63) is 126 Å². The summed E-state index contributed by atoms with van der Waals surface area (Å²) in [7, 11) is 1.50. The Labute approximate surface area is 425 Å². The molecule has 4 amide bonds. The van der Waals surface area contributed by atoms with Crippen molar-refractivity contribution in [1.82, 2.24) is 29.6 Å². The first-order chi connectivity index (χ1) is 35.6. The van der Waals surface area contributed by atoms with Crippen molar-refractivity contribution in [2.75, 3.05) is 7.05 Å². The summed E-state index contributed by atoms with van der Waals surface area (Å²) < 4.78 is 104. The van der Waals surface area contributed by atoms with Gasteiger partial charge in [0, 0.05) is 99.4 Å². The van der Waals surface area contributed by atoms with E-state index in [1.165, 1.54) is 26.0 Å². The maximum absolute atomic E-state index is 14.4. The molecule has 1 aliphatic carbocycles.